The summed E-state index contributed by atoms with van der Waals surface area (Å²) in [5, 5.41) is 9.22. The van der Waals surface area contributed by atoms with Crippen LogP contribution in [-0.4, -0.2) is 11.7 Å². The number of aliphatic hydroxyl groups is 1. The summed E-state index contributed by atoms with van der Waals surface area (Å²) >= 11 is 0. The van der Waals surface area contributed by atoms with Crippen LogP contribution in [0.1, 0.15) is 17.2 Å². The van der Waals surface area contributed by atoms with Gasteiger partial charge in [-0.2, -0.15) is 13.2 Å². The number of halogens is 3. The van der Waals surface area contributed by atoms with Gasteiger partial charge in [-0.1, -0.05) is 12.1 Å². The van der Waals surface area contributed by atoms with E-state index in [1.807, 2.05) is 0 Å². The Balaban J connectivity index is 2.89. The molecule has 1 atom stereocenters. The van der Waals surface area contributed by atoms with E-state index < -0.39 is 17.8 Å². The molecule has 0 heterocycles. The molecule has 0 aliphatic carbocycles. The van der Waals surface area contributed by atoms with Crippen LogP contribution in [-0.2, 0) is 6.18 Å². The van der Waals surface area contributed by atoms with Gasteiger partial charge in [0, 0.05) is 6.54 Å². The zero-order valence-electron chi connectivity index (χ0n) is 7.25. The van der Waals surface area contributed by atoms with E-state index in [1.165, 1.54) is 12.1 Å². The lowest BCUT2D eigenvalue weighted by molar-refractivity contribution is -0.137. The van der Waals surface area contributed by atoms with Gasteiger partial charge < -0.3 is 10.8 Å². The highest BCUT2D eigenvalue weighted by molar-refractivity contribution is 5.26. The molecular formula is C9H10F3NO. The highest BCUT2D eigenvalue weighted by Gasteiger charge is 2.30. The SMILES string of the molecule is NCC(O)c1ccc(C(F)(F)F)cc1. The fraction of sp³-hybridized carbons (Fsp3) is 0.333. The molecule has 3 N–H and O–H groups in total. The van der Waals surface area contributed by atoms with Crippen LogP contribution in [0.5, 0.6) is 0 Å². The molecule has 0 saturated heterocycles. The van der Waals surface area contributed by atoms with Gasteiger partial charge in [0.2, 0.25) is 0 Å². The van der Waals surface area contributed by atoms with Gasteiger partial charge in [-0.3, -0.25) is 0 Å². The lowest BCUT2D eigenvalue weighted by Gasteiger charge is -2.10. The minimum atomic E-state index is -4.34. The van der Waals surface area contributed by atoms with Crippen LogP contribution in [0.2, 0.25) is 0 Å². The van der Waals surface area contributed by atoms with Crippen molar-refractivity contribution in [1.29, 1.82) is 0 Å². The number of benzene rings is 1. The first kappa shape index (κ1) is 11.0. The molecule has 1 rings (SSSR count). The summed E-state index contributed by atoms with van der Waals surface area (Å²) in [6, 6.07) is 4.29. The van der Waals surface area contributed by atoms with Gasteiger partial charge in [0.05, 0.1) is 11.7 Å². The van der Waals surface area contributed by atoms with Crippen LogP contribution in [0, 0.1) is 0 Å². The third-order valence-electron chi connectivity index (χ3n) is 1.85. The molecular weight excluding hydrogens is 195 g/mol. The summed E-state index contributed by atoms with van der Waals surface area (Å²) in [5.41, 5.74) is 4.81. The van der Waals surface area contributed by atoms with Crippen molar-refractivity contribution in [3.63, 3.8) is 0 Å². The monoisotopic (exact) mass is 205 g/mol. The third-order valence-corrected chi connectivity index (χ3v) is 1.85. The van der Waals surface area contributed by atoms with Crippen molar-refractivity contribution in [2.45, 2.75) is 12.3 Å². The number of nitrogens with two attached hydrogens (primary N) is 1. The molecule has 1 aromatic rings. The molecule has 0 radical (unpaired) electrons. The topological polar surface area (TPSA) is 46.2 Å². The lowest BCUT2D eigenvalue weighted by atomic mass is 10.1. The normalized spacial score (nSPS) is 14.1. The van der Waals surface area contributed by atoms with E-state index in [2.05, 4.69) is 0 Å². The van der Waals surface area contributed by atoms with E-state index >= 15 is 0 Å². The van der Waals surface area contributed by atoms with Gasteiger partial charge in [-0.15, -0.1) is 0 Å². The summed E-state index contributed by atoms with van der Waals surface area (Å²) in [6.07, 6.45) is -5.25. The molecule has 0 saturated carbocycles. The number of hydrogen-bond acceptors (Lipinski definition) is 2. The van der Waals surface area contributed by atoms with E-state index in [-0.39, 0.29) is 6.54 Å². The van der Waals surface area contributed by atoms with Crippen LogP contribution in [0.15, 0.2) is 24.3 Å². The number of hydrogen-bond donors (Lipinski definition) is 2. The van der Waals surface area contributed by atoms with Crippen LogP contribution in [0.25, 0.3) is 0 Å². The van der Waals surface area contributed by atoms with Crippen molar-refractivity contribution in [3.05, 3.63) is 35.4 Å². The largest absolute Gasteiger partial charge is 0.416 e. The highest BCUT2D eigenvalue weighted by atomic mass is 19.4. The van der Waals surface area contributed by atoms with E-state index in [4.69, 9.17) is 5.73 Å². The molecule has 14 heavy (non-hydrogen) atoms. The predicted octanol–water partition coefficient (Wildman–Crippen LogP) is 1.70. The standard InChI is InChI=1S/C9H10F3NO/c10-9(11,12)7-3-1-6(2-4-7)8(14)5-13/h1-4,8,14H,5,13H2. The van der Waals surface area contributed by atoms with Crippen LogP contribution < -0.4 is 5.73 Å². The summed E-state index contributed by atoms with van der Waals surface area (Å²) in [7, 11) is 0. The number of alkyl halides is 3. The van der Waals surface area contributed by atoms with Crippen LogP contribution in [0.3, 0.4) is 0 Å². The molecule has 1 aromatic carbocycles. The van der Waals surface area contributed by atoms with Gasteiger partial charge >= 0.3 is 6.18 Å². The first-order valence-electron chi connectivity index (χ1n) is 4.00. The Labute approximate surface area is 79.2 Å². The van der Waals surface area contributed by atoms with E-state index in [0.29, 0.717) is 5.56 Å². The summed E-state index contributed by atoms with van der Waals surface area (Å²) in [6.45, 7) is -0.00857. The van der Waals surface area contributed by atoms with Crippen LogP contribution >= 0.6 is 0 Å². The summed E-state index contributed by atoms with van der Waals surface area (Å²) in [4.78, 5) is 0. The molecule has 1 unspecified atom stereocenters. The maximum absolute atomic E-state index is 12.1. The van der Waals surface area contributed by atoms with Crippen molar-refractivity contribution in [2.24, 2.45) is 5.73 Å². The molecule has 0 amide bonds. The molecule has 0 bridgehead atoms. The zero-order chi connectivity index (χ0) is 10.8. The first-order chi connectivity index (χ1) is 6.45. The maximum Gasteiger partial charge on any atom is 0.416 e. The second kappa shape index (κ2) is 3.98. The number of aliphatic hydroxyl groups excluding tert-OH is 1. The van der Waals surface area contributed by atoms with Gasteiger partial charge in [-0.25, -0.2) is 0 Å². The highest BCUT2D eigenvalue weighted by Crippen LogP contribution is 2.29. The number of rotatable bonds is 2. The van der Waals surface area contributed by atoms with Crippen LogP contribution in [0.4, 0.5) is 13.2 Å². The van der Waals surface area contributed by atoms with E-state index in [1.54, 1.807) is 0 Å². The summed E-state index contributed by atoms with van der Waals surface area (Å²) < 4.78 is 36.3. The first-order valence-corrected chi connectivity index (χ1v) is 4.00. The summed E-state index contributed by atoms with van der Waals surface area (Å²) in [5.74, 6) is 0. The molecule has 2 nitrogen and oxygen atoms in total. The second-order valence-electron chi connectivity index (χ2n) is 2.87. The maximum atomic E-state index is 12.1. The van der Waals surface area contributed by atoms with Crippen molar-refractivity contribution >= 4 is 0 Å². The Morgan fingerprint density at radius 3 is 2.07 bits per heavy atom. The smallest absolute Gasteiger partial charge is 0.387 e. The van der Waals surface area contributed by atoms with Gasteiger partial charge in [0.25, 0.3) is 0 Å². The Hall–Kier alpha value is -1.07. The van der Waals surface area contributed by atoms with Crippen molar-refractivity contribution < 1.29 is 18.3 Å². The second-order valence-corrected chi connectivity index (χ2v) is 2.87. The molecule has 78 valence electrons. The fourth-order valence-electron chi connectivity index (χ4n) is 1.03. The third kappa shape index (κ3) is 2.46. The van der Waals surface area contributed by atoms with Gasteiger partial charge in [0.1, 0.15) is 0 Å². The quantitative estimate of drug-likeness (QED) is 0.771. The fourth-order valence-corrected chi connectivity index (χ4v) is 1.03. The Bertz CT molecular complexity index is 294. The molecule has 0 spiro atoms. The van der Waals surface area contributed by atoms with Gasteiger partial charge in [-0.05, 0) is 17.7 Å². The van der Waals surface area contributed by atoms with Gasteiger partial charge in [0.15, 0.2) is 0 Å². The minimum Gasteiger partial charge on any atom is -0.387 e. The lowest BCUT2D eigenvalue weighted by Crippen LogP contribution is -2.12. The molecule has 0 aliphatic rings. The molecule has 0 fully saturated rings. The Morgan fingerprint density at radius 1 is 1.21 bits per heavy atom. The zero-order valence-corrected chi connectivity index (χ0v) is 7.25. The van der Waals surface area contributed by atoms with Crippen molar-refractivity contribution in [3.8, 4) is 0 Å². The van der Waals surface area contributed by atoms with Crippen molar-refractivity contribution in [1.82, 2.24) is 0 Å². The molecule has 0 aliphatic heterocycles. The Kier molecular flexibility index (Phi) is 3.13. The van der Waals surface area contributed by atoms with E-state index in [9.17, 15) is 18.3 Å². The minimum absolute atomic E-state index is 0.00857. The Morgan fingerprint density at radius 2 is 1.71 bits per heavy atom. The van der Waals surface area contributed by atoms with E-state index in [0.717, 1.165) is 12.1 Å². The molecule has 0 aromatic heterocycles. The molecule has 5 heteroatoms. The predicted molar refractivity (Wildman–Crippen MR) is 45.5 cm³/mol. The average molecular weight is 205 g/mol. The van der Waals surface area contributed by atoms with Crippen molar-refractivity contribution in [2.75, 3.05) is 6.54 Å². The average Bonchev–Trinajstić information content (AvgIpc) is 2.15.